The highest BCUT2D eigenvalue weighted by Gasteiger charge is 2.43. The quantitative estimate of drug-likeness (QED) is 0.320. The number of carboxylic acids is 2. The fraction of sp³-hybridized carbons (Fsp3) is 0.538. The largest absolute Gasteiger partial charge is 0.481 e. The molecule has 12 heteroatoms. The number of aliphatic carboxylic acids is 2. The van der Waals surface area contributed by atoms with Crippen LogP contribution in [0, 0.1) is 0 Å². The number of ether oxygens (including phenoxy) is 1. The van der Waals surface area contributed by atoms with Crippen molar-refractivity contribution in [3.05, 3.63) is 22.7 Å². The Morgan fingerprint density at radius 2 is 1.76 bits per heavy atom. The third kappa shape index (κ3) is 5.79. The van der Waals surface area contributed by atoms with Crippen molar-refractivity contribution in [2.45, 2.75) is 37.4 Å². The Morgan fingerprint density at radius 1 is 1.20 bits per heavy atom. The van der Waals surface area contributed by atoms with Crippen LogP contribution in [0.5, 0.6) is 0 Å². The topological polar surface area (TPSA) is 205 Å². The van der Waals surface area contributed by atoms with Gasteiger partial charge in [0.1, 0.15) is 24.1 Å². The number of aliphatic hydroxyl groups excluding tert-OH is 3. The second kappa shape index (κ2) is 9.08. The number of nitrogen functional groups attached to an aromatic ring is 1. The van der Waals surface area contributed by atoms with Gasteiger partial charge in [0.25, 0.3) is 0 Å². The highest BCUT2D eigenvalue weighted by atomic mass is 16.6. The molecule has 0 unspecified atom stereocenters. The molecule has 0 aromatic carbocycles. The van der Waals surface area contributed by atoms with Crippen molar-refractivity contribution in [3.8, 4) is 0 Å². The molecule has 0 aliphatic carbocycles. The summed E-state index contributed by atoms with van der Waals surface area (Å²) in [6.45, 7) is -0.453. The van der Waals surface area contributed by atoms with Crippen LogP contribution >= 0.6 is 0 Å². The lowest BCUT2D eigenvalue weighted by atomic mass is 10.1. The summed E-state index contributed by atoms with van der Waals surface area (Å²) >= 11 is 0. The van der Waals surface area contributed by atoms with E-state index in [1.807, 2.05) is 0 Å². The van der Waals surface area contributed by atoms with Gasteiger partial charge in [0, 0.05) is 6.20 Å². The number of nitrogens with zero attached hydrogens (tertiary/aromatic N) is 2. The van der Waals surface area contributed by atoms with E-state index in [0.717, 1.165) is 4.57 Å². The van der Waals surface area contributed by atoms with E-state index in [1.54, 1.807) is 0 Å². The first-order chi connectivity index (χ1) is 11.7. The van der Waals surface area contributed by atoms with Crippen LogP contribution in [0.2, 0.25) is 0 Å². The number of hydrogen-bond donors (Lipinski definition) is 6. The molecule has 1 fully saturated rings. The van der Waals surface area contributed by atoms with Gasteiger partial charge in [-0.3, -0.25) is 14.2 Å². The van der Waals surface area contributed by atoms with E-state index in [1.165, 1.54) is 12.3 Å². The average molecular weight is 361 g/mol. The molecule has 4 atom stereocenters. The Kier molecular flexibility index (Phi) is 7.44. The minimum Gasteiger partial charge on any atom is -0.481 e. The minimum atomic E-state index is -1.31. The zero-order valence-corrected chi connectivity index (χ0v) is 12.9. The number of carboxylic acid groups (broad SMARTS) is 2. The molecule has 2 heterocycles. The van der Waals surface area contributed by atoms with Crippen LogP contribution in [0.15, 0.2) is 17.1 Å². The summed E-state index contributed by atoms with van der Waals surface area (Å²) in [6.07, 6.45) is -3.86. The van der Waals surface area contributed by atoms with Crippen LogP contribution in [0.3, 0.4) is 0 Å². The summed E-state index contributed by atoms with van der Waals surface area (Å²) in [6, 6.07) is 1.37. The number of carbonyl (C=O) groups is 2. The summed E-state index contributed by atoms with van der Waals surface area (Å²) in [5, 5.41) is 44.0. The predicted molar refractivity (Wildman–Crippen MR) is 80.4 cm³/mol. The van der Waals surface area contributed by atoms with Gasteiger partial charge < -0.3 is 36.0 Å². The second-order valence-corrected chi connectivity index (χ2v) is 5.06. The molecule has 1 aliphatic rings. The summed E-state index contributed by atoms with van der Waals surface area (Å²) in [5.74, 6) is -2.10. The number of anilines is 1. The van der Waals surface area contributed by atoms with E-state index >= 15 is 0 Å². The van der Waals surface area contributed by atoms with E-state index < -0.39 is 48.8 Å². The normalized spacial score (nSPS) is 25.1. The van der Waals surface area contributed by atoms with Crippen molar-refractivity contribution < 1.29 is 39.9 Å². The first-order valence-corrected chi connectivity index (χ1v) is 7.08. The maximum atomic E-state index is 11.5. The van der Waals surface area contributed by atoms with Crippen molar-refractivity contribution in [2.24, 2.45) is 0 Å². The van der Waals surface area contributed by atoms with Crippen molar-refractivity contribution in [3.63, 3.8) is 0 Å². The lowest BCUT2D eigenvalue weighted by molar-refractivity contribution is -0.143. The van der Waals surface area contributed by atoms with Gasteiger partial charge in [0.15, 0.2) is 6.23 Å². The van der Waals surface area contributed by atoms with Gasteiger partial charge >= 0.3 is 17.6 Å². The first-order valence-electron chi connectivity index (χ1n) is 7.08. The third-order valence-corrected chi connectivity index (χ3v) is 3.20. The van der Waals surface area contributed by atoms with E-state index in [9.17, 15) is 24.6 Å². The molecule has 0 bridgehead atoms. The van der Waals surface area contributed by atoms with Crippen LogP contribution < -0.4 is 11.4 Å². The predicted octanol–water partition coefficient (Wildman–Crippen LogP) is -2.63. The molecule has 0 saturated carbocycles. The lowest BCUT2D eigenvalue weighted by Gasteiger charge is -2.16. The van der Waals surface area contributed by atoms with Crippen LogP contribution in [-0.2, 0) is 14.3 Å². The van der Waals surface area contributed by atoms with Gasteiger partial charge in [0.05, 0.1) is 19.4 Å². The molecule has 0 radical (unpaired) electrons. The van der Waals surface area contributed by atoms with Crippen molar-refractivity contribution >= 4 is 17.8 Å². The van der Waals surface area contributed by atoms with Crippen LogP contribution in [-0.4, -0.2) is 71.9 Å². The summed E-state index contributed by atoms with van der Waals surface area (Å²) < 4.78 is 6.19. The van der Waals surface area contributed by atoms with E-state index in [4.69, 9.17) is 25.8 Å². The second-order valence-electron chi connectivity index (χ2n) is 5.06. The molecule has 140 valence electrons. The Bertz CT molecular complexity index is 648. The van der Waals surface area contributed by atoms with Crippen molar-refractivity contribution in [2.75, 3.05) is 12.3 Å². The average Bonchev–Trinajstić information content (AvgIpc) is 2.81. The monoisotopic (exact) mass is 361 g/mol. The maximum Gasteiger partial charge on any atom is 0.351 e. The fourth-order valence-electron chi connectivity index (χ4n) is 1.94. The molecule has 1 aliphatic heterocycles. The summed E-state index contributed by atoms with van der Waals surface area (Å²) in [4.78, 5) is 34.3. The molecular weight excluding hydrogens is 342 g/mol. The van der Waals surface area contributed by atoms with Crippen molar-refractivity contribution in [1.29, 1.82) is 0 Å². The first kappa shape index (κ1) is 20.5. The SMILES string of the molecule is Nc1ccn([C@@H]2O[C@H](CO)[C@@H](O)[C@@H]2O)c(=O)n1.O=C(O)CCC(=O)O. The molecular formula is C13H19N3O9. The Morgan fingerprint density at radius 3 is 2.16 bits per heavy atom. The maximum absolute atomic E-state index is 11.5. The zero-order valence-electron chi connectivity index (χ0n) is 12.9. The van der Waals surface area contributed by atoms with E-state index in [0.29, 0.717) is 0 Å². The molecule has 0 amide bonds. The smallest absolute Gasteiger partial charge is 0.351 e. The van der Waals surface area contributed by atoms with Crippen LogP contribution in [0.25, 0.3) is 0 Å². The summed E-state index contributed by atoms with van der Waals surface area (Å²) in [7, 11) is 0. The molecule has 25 heavy (non-hydrogen) atoms. The molecule has 1 aromatic heterocycles. The van der Waals surface area contributed by atoms with Gasteiger partial charge in [-0.05, 0) is 6.07 Å². The Hall–Kier alpha value is -2.54. The summed E-state index contributed by atoms with van der Waals surface area (Å²) in [5.41, 5.74) is 4.63. The number of rotatable bonds is 5. The van der Waals surface area contributed by atoms with Crippen LogP contribution in [0.1, 0.15) is 19.1 Å². The standard InChI is InChI=1S/C9H13N3O5.C4H6O4/c10-5-1-2-12(9(16)11-5)8-7(15)6(14)4(3-13)17-8;5-3(6)1-2-4(7)8/h1-2,4,6-8,13-15H,3H2,(H2,10,11,16);1-2H2,(H,5,6)(H,7,8)/t4-,6-,7+,8-;/m1./s1. The number of aromatic nitrogens is 2. The van der Waals surface area contributed by atoms with E-state index in [-0.39, 0.29) is 18.7 Å². The zero-order chi connectivity index (χ0) is 19.1. The van der Waals surface area contributed by atoms with Gasteiger partial charge in [-0.2, -0.15) is 4.98 Å². The highest BCUT2D eigenvalue weighted by molar-refractivity contribution is 5.75. The van der Waals surface area contributed by atoms with Gasteiger partial charge in [-0.25, -0.2) is 4.79 Å². The molecule has 1 aromatic rings. The minimum absolute atomic E-state index is 0.0537. The van der Waals surface area contributed by atoms with Gasteiger partial charge in [-0.15, -0.1) is 0 Å². The molecule has 0 spiro atoms. The lowest BCUT2D eigenvalue weighted by Crippen LogP contribution is -2.36. The molecule has 7 N–H and O–H groups in total. The number of hydrogen-bond acceptors (Lipinski definition) is 9. The fourth-order valence-corrected chi connectivity index (χ4v) is 1.94. The third-order valence-electron chi connectivity index (χ3n) is 3.20. The Labute approximate surface area is 140 Å². The van der Waals surface area contributed by atoms with E-state index in [2.05, 4.69) is 4.98 Å². The number of nitrogens with two attached hydrogens (primary N) is 1. The Balaban J connectivity index is 0.000000333. The van der Waals surface area contributed by atoms with Crippen molar-refractivity contribution in [1.82, 2.24) is 9.55 Å². The highest BCUT2D eigenvalue weighted by Crippen LogP contribution is 2.27. The molecule has 12 nitrogen and oxygen atoms in total. The van der Waals surface area contributed by atoms with Gasteiger partial charge in [-0.1, -0.05) is 0 Å². The van der Waals surface area contributed by atoms with Gasteiger partial charge in [0.2, 0.25) is 0 Å². The van der Waals surface area contributed by atoms with Crippen LogP contribution in [0.4, 0.5) is 5.82 Å². The molecule has 1 saturated heterocycles. The molecule has 2 rings (SSSR count). The number of aliphatic hydroxyl groups is 3.